The van der Waals surface area contributed by atoms with E-state index in [1.165, 1.54) is 10.8 Å². The summed E-state index contributed by atoms with van der Waals surface area (Å²) in [6.07, 6.45) is 0. The molecule has 0 atom stereocenters. The molecule has 0 amide bonds. The molecule has 0 radical (unpaired) electrons. The summed E-state index contributed by atoms with van der Waals surface area (Å²) < 4.78 is 8.79. The molecule has 5 nitrogen and oxygen atoms in total. The van der Waals surface area contributed by atoms with Crippen molar-refractivity contribution in [2.75, 3.05) is 0 Å². The van der Waals surface area contributed by atoms with Crippen LogP contribution in [0.5, 0.6) is 0 Å². The fourth-order valence-corrected chi connectivity index (χ4v) is 7.12. The first-order valence-electron chi connectivity index (χ1n) is 16.7. The summed E-state index contributed by atoms with van der Waals surface area (Å²) in [4.78, 5) is 15.6. The smallest absolute Gasteiger partial charge is 0.166 e. The second kappa shape index (κ2) is 11.4. The van der Waals surface area contributed by atoms with Crippen molar-refractivity contribution >= 4 is 43.7 Å². The highest BCUT2D eigenvalue weighted by atomic mass is 16.3. The lowest BCUT2D eigenvalue weighted by molar-refractivity contribution is 0.668. The normalized spacial score (nSPS) is 11.6. The van der Waals surface area contributed by atoms with Gasteiger partial charge in [-0.05, 0) is 41.5 Å². The van der Waals surface area contributed by atoms with Crippen LogP contribution in [0.3, 0.4) is 0 Å². The van der Waals surface area contributed by atoms with Crippen LogP contribution in [0.25, 0.3) is 94.7 Å². The minimum Gasteiger partial charge on any atom is -0.456 e. The van der Waals surface area contributed by atoms with Crippen LogP contribution in [0.1, 0.15) is 0 Å². The Bertz CT molecular complexity index is 2820. The van der Waals surface area contributed by atoms with E-state index >= 15 is 0 Å². The van der Waals surface area contributed by atoms with Crippen LogP contribution in [0.4, 0.5) is 0 Å². The first-order valence-corrected chi connectivity index (χ1v) is 16.7. The molecule has 0 bridgehead atoms. The third kappa shape index (κ3) is 4.60. The molecular weight excluding hydrogens is 613 g/mol. The molecule has 0 aliphatic rings. The van der Waals surface area contributed by atoms with Crippen molar-refractivity contribution in [3.05, 3.63) is 170 Å². The summed E-state index contributed by atoms with van der Waals surface area (Å²) in [5, 5.41) is 4.41. The summed E-state index contributed by atoms with van der Waals surface area (Å²) in [7, 11) is 0. The van der Waals surface area contributed by atoms with E-state index in [-0.39, 0.29) is 0 Å². The van der Waals surface area contributed by atoms with Gasteiger partial charge in [0.05, 0.1) is 16.7 Å². The number of hydrogen-bond donors (Lipinski definition) is 0. The van der Waals surface area contributed by atoms with E-state index in [9.17, 15) is 0 Å². The second-order valence-electron chi connectivity index (χ2n) is 12.5. The number of rotatable bonds is 5. The Hall–Kier alpha value is -6.85. The van der Waals surface area contributed by atoms with Gasteiger partial charge in [-0.25, -0.2) is 15.0 Å². The monoisotopic (exact) mass is 640 g/mol. The largest absolute Gasteiger partial charge is 0.456 e. The Kier molecular flexibility index (Phi) is 6.42. The first kappa shape index (κ1) is 28.2. The fourth-order valence-electron chi connectivity index (χ4n) is 7.12. The molecule has 0 unspecified atom stereocenters. The molecule has 0 fully saturated rings. The number of fused-ring (bicyclic) bond motifs is 6. The Balaban J connectivity index is 1.29. The maximum atomic E-state index is 6.48. The Morgan fingerprint density at radius 2 is 0.900 bits per heavy atom. The average molecular weight is 641 g/mol. The molecular formula is C45H28N4O. The minimum atomic E-state index is 0.586. The van der Waals surface area contributed by atoms with E-state index < -0.39 is 0 Å². The second-order valence-corrected chi connectivity index (χ2v) is 12.5. The summed E-state index contributed by atoms with van der Waals surface area (Å²) in [5.74, 6) is 1.81. The number of nitrogens with zero attached hydrogens (tertiary/aromatic N) is 4. The Morgan fingerprint density at radius 1 is 0.360 bits per heavy atom. The van der Waals surface area contributed by atoms with Gasteiger partial charge in [0.1, 0.15) is 11.2 Å². The van der Waals surface area contributed by atoms with Crippen molar-refractivity contribution in [1.82, 2.24) is 19.5 Å². The molecule has 10 aromatic rings. The quantitative estimate of drug-likeness (QED) is 0.188. The van der Waals surface area contributed by atoms with Gasteiger partial charge in [-0.1, -0.05) is 133 Å². The van der Waals surface area contributed by atoms with Gasteiger partial charge in [-0.15, -0.1) is 0 Å². The molecule has 0 saturated carbocycles. The third-order valence-electron chi connectivity index (χ3n) is 9.45. The van der Waals surface area contributed by atoms with Crippen molar-refractivity contribution in [2.45, 2.75) is 0 Å². The molecule has 234 valence electrons. The topological polar surface area (TPSA) is 56.7 Å². The third-order valence-corrected chi connectivity index (χ3v) is 9.45. The summed E-state index contributed by atoms with van der Waals surface area (Å²) >= 11 is 0. The van der Waals surface area contributed by atoms with Gasteiger partial charge >= 0.3 is 0 Å². The predicted molar refractivity (Wildman–Crippen MR) is 203 cm³/mol. The molecule has 0 aliphatic carbocycles. The molecule has 50 heavy (non-hydrogen) atoms. The Labute approximate surface area is 287 Å². The lowest BCUT2D eigenvalue weighted by Crippen LogP contribution is -2.04. The van der Waals surface area contributed by atoms with E-state index in [1.54, 1.807) is 0 Å². The minimum absolute atomic E-state index is 0.586. The maximum absolute atomic E-state index is 6.48. The molecule has 3 heterocycles. The van der Waals surface area contributed by atoms with Crippen LogP contribution in [-0.2, 0) is 0 Å². The molecule has 7 aromatic carbocycles. The van der Waals surface area contributed by atoms with E-state index in [0.717, 1.165) is 66.5 Å². The van der Waals surface area contributed by atoms with Gasteiger partial charge in [0.2, 0.25) is 0 Å². The maximum Gasteiger partial charge on any atom is 0.166 e. The van der Waals surface area contributed by atoms with Gasteiger partial charge < -0.3 is 8.98 Å². The van der Waals surface area contributed by atoms with Crippen LogP contribution >= 0.6 is 0 Å². The highest BCUT2D eigenvalue weighted by molar-refractivity contribution is 6.11. The van der Waals surface area contributed by atoms with Gasteiger partial charge in [0.25, 0.3) is 0 Å². The van der Waals surface area contributed by atoms with Crippen molar-refractivity contribution in [3.8, 4) is 51.0 Å². The van der Waals surface area contributed by atoms with Crippen LogP contribution in [0.15, 0.2) is 174 Å². The summed E-state index contributed by atoms with van der Waals surface area (Å²) in [5.41, 5.74) is 9.73. The molecule has 3 aromatic heterocycles. The van der Waals surface area contributed by atoms with Gasteiger partial charge in [-0.3, -0.25) is 0 Å². The fraction of sp³-hybridized carbons (Fsp3) is 0. The molecule has 10 rings (SSSR count). The number of furan rings is 1. The van der Waals surface area contributed by atoms with Crippen LogP contribution < -0.4 is 0 Å². The van der Waals surface area contributed by atoms with E-state index in [1.807, 2.05) is 54.6 Å². The van der Waals surface area contributed by atoms with E-state index in [4.69, 9.17) is 19.4 Å². The van der Waals surface area contributed by atoms with Crippen molar-refractivity contribution in [2.24, 2.45) is 0 Å². The lowest BCUT2D eigenvalue weighted by atomic mass is 10.0. The van der Waals surface area contributed by atoms with Gasteiger partial charge in [0.15, 0.2) is 17.5 Å². The molecule has 0 N–H and O–H groups in total. The van der Waals surface area contributed by atoms with Crippen molar-refractivity contribution in [3.63, 3.8) is 0 Å². The van der Waals surface area contributed by atoms with Crippen LogP contribution in [-0.4, -0.2) is 19.5 Å². The lowest BCUT2D eigenvalue weighted by Gasteiger charge is -2.15. The zero-order valence-corrected chi connectivity index (χ0v) is 26.9. The molecule has 0 aliphatic heterocycles. The van der Waals surface area contributed by atoms with Crippen molar-refractivity contribution in [1.29, 1.82) is 0 Å². The van der Waals surface area contributed by atoms with Gasteiger partial charge in [0, 0.05) is 44.3 Å². The average Bonchev–Trinajstić information content (AvgIpc) is 3.73. The number of para-hydroxylation sites is 3. The number of aromatic nitrogens is 4. The highest BCUT2D eigenvalue weighted by Crippen LogP contribution is 2.40. The highest BCUT2D eigenvalue weighted by Gasteiger charge is 2.22. The summed E-state index contributed by atoms with van der Waals surface area (Å²) in [6.45, 7) is 0. The molecule has 0 saturated heterocycles. The van der Waals surface area contributed by atoms with Crippen molar-refractivity contribution < 1.29 is 4.42 Å². The van der Waals surface area contributed by atoms with E-state index in [2.05, 4.69) is 120 Å². The summed E-state index contributed by atoms with van der Waals surface area (Å²) in [6, 6.07) is 58.5. The standard InChI is InChI=1S/C45H28N4O/c1-3-14-29(15-4-1)31-18-13-19-32(26-31)44-46-43(30-16-5-2-6-17-30)47-45(48-44)37-27-36-35-22-9-12-25-41(35)50-42(36)28-40(37)49-38-23-10-7-20-33(38)34-21-8-11-24-39(34)49/h1-28H. The molecule has 5 heteroatoms. The zero-order valence-electron chi connectivity index (χ0n) is 26.9. The number of benzene rings is 7. The number of hydrogen-bond acceptors (Lipinski definition) is 4. The van der Waals surface area contributed by atoms with Gasteiger partial charge in [-0.2, -0.15) is 0 Å². The van der Waals surface area contributed by atoms with Crippen LogP contribution in [0.2, 0.25) is 0 Å². The zero-order chi connectivity index (χ0) is 33.0. The first-order chi connectivity index (χ1) is 24.8. The van der Waals surface area contributed by atoms with E-state index in [0.29, 0.717) is 17.5 Å². The SMILES string of the molecule is c1ccc(-c2cccc(-c3nc(-c4ccccc4)nc(-c4cc5c(cc4-n4c6ccccc6c6ccccc64)oc4ccccc45)n3)c2)cc1. The van der Waals surface area contributed by atoms with Crippen LogP contribution in [0, 0.1) is 0 Å². The Morgan fingerprint density at radius 3 is 1.62 bits per heavy atom. The predicted octanol–water partition coefficient (Wildman–Crippen LogP) is 11.5. The molecule has 0 spiro atoms.